The van der Waals surface area contributed by atoms with Crippen LogP contribution in [0.5, 0.6) is 17.4 Å². The van der Waals surface area contributed by atoms with Gasteiger partial charge in [0.25, 0.3) is 11.8 Å². The third-order valence-electron chi connectivity index (χ3n) is 3.56. The van der Waals surface area contributed by atoms with E-state index < -0.39 is 5.82 Å². The van der Waals surface area contributed by atoms with E-state index in [9.17, 15) is 9.18 Å². The molecule has 0 bridgehead atoms. The Morgan fingerprint density at radius 1 is 1.41 bits per heavy atom. The molecule has 6 nitrogen and oxygen atoms in total. The minimum Gasteiger partial charge on any atom is -0.493 e. The summed E-state index contributed by atoms with van der Waals surface area (Å²) in [6.45, 7) is 2.38. The highest BCUT2D eigenvalue weighted by Crippen LogP contribution is 2.36. The number of aromatic nitrogens is 2. The number of methoxy groups -OCH3 is 1. The maximum Gasteiger partial charge on any atom is 0.266 e. The lowest BCUT2D eigenvalue weighted by Gasteiger charge is -2.11. The molecular weight excluding hydrogens is 413 g/mol. The lowest BCUT2D eigenvalue weighted by Crippen LogP contribution is -2.27. The number of nitrogens with zero attached hydrogens (tertiary/aromatic N) is 3. The van der Waals surface area contributed by atoms with E-state index in [1.165, 1.54) is 23.8 Å². The standard InChI is InChI=1S/C17H13ClFN3O3S2/c1-3-22-15(23)13(27-17(22)26)7-9-4-5-11(12(6-9)24-2)25-14-10(19)8-20-16(18)21-14/h4-8H,3H2,1-2H3/b13-7+. The fraction of sp³-hybridized carbons (Fsp3) is 0.176. The van der Waals surface area contributed by atoms with Crippen LogP contribution in [0.3, 0.4) is 0 Å². The van der Waals surface area contributed by atoms with Gasteiger partial charge in [-0.1, -0.05) is 30.0 Å². The van der Waals surface area contributed by atoms with Gasteiger partial charge in [-0.25, -0.2) is 4.98 Å². The number of halogens is 2. The van der Waals surface area contributed by atoms with E-state index in [0.717, 1.165) is 6.20 Å². The van der Waals surface area contributed by atoms with Gasteiger partial charge < -0.3 is 9.47 Å². The molecule has 27 heavy (non-hydrogen) atoms. The van der Waals surface area contributed by atoms with Crippen LogP contribution in [0, 0.1) is 5.82 Å². The number of carbonyl (C=O) groups is 1. The molecular formula is C17H13ClFN3O3S2. The lowest BCUT2D eigenvalue weighted by atomic mass is 10.2. The van der Waals surface area contributed by atoms with E-state index in [4.69, 9.17) is 33.3 Å². The summed E-state index contributed by atoms with van der Waals surface area (Å²) >= 11 is 12.1. The first kappa shape index (κ1) is 19.5. The Labute approximate surface area is 169 Å². The highest BCUT2D eigenvalue weighted by molar-refractivity contribution is 8.26. The van der Waals surface area contributed by atoms with Crippen LogP contribution in [0.4, 0.5) is 4.39 Å². The number of ether oxygens (including phenoxy) is 2. The molecule has 1 fully saturated rings. The monoisotopic (exact) mass is 425 g/mol. The SMILES string of the molecule is CCN1C(=O)/C(=C\c2ccc(Oc3nc(Cl)ncc3F)c(OC)c2)SC1=S. The molecule has 0 radical (unpaired) electrons. The number of benzene rings is 1. The molecule has 0 saturated carbocycles. The first-order chi connectivity index (χ1) is 12.9. The van der Waals surface area contributed by atoms with Crippen LogP contribution in [0.25, 0.3) is 6.08 Å². The van der Waals surface area contributed by atoms with Gasteiger partial charge in [0.1, 0.15) is 4.32 Å². The molecule has 0 unspecified atom stereocenters. The molecule has 0 atom stereocenters. The molecule has 0 N–H and O–H groups in total. The normalized spacial score (nSPS) is 15.6. The molecule has 1 aromatic carbocycles. The van der Waals surface area contributed by atoms with Crippen molar-refractivity contribution in [2.45, 2.75) is 6.92 Å². The van der Waals surface area contributed by atoms with E-state index in [1.807, 2.05) is 6.92 Å². The maximum absolute atomic E-state index is 13.8. The summed E-state index contributed by atoms with van der Waals surface area (Å²) in [5.41, 5.74) is 0.706. The summed E-state index contributed by atoms with van der Waals surface area (Å²) < 4.78 is 25.1. The molecule has 1 aliphatic heterocycles. The van der Waals surface area contributed by atoms with E-state index in [2.05, 4.69) is 9.97 Å². The number of likely N-dealkylation sites (N-methyl/N-ethyl adjacent to an activating group) is 1. The highest BCUT2D eigenvalue weighted by Gasteiger charge is 2.30. The molecule has 1 aromatic heterocycles. The van der Waals surface area contributed by atoms with E-state index in [-0.39, 0.29) is 22.8 Å². The summed E-state index contributed by atoms with van der Waals surface area (Å²) in [5, 5.41) is -0.139. The first-order valence-electron chi connectivity index (χ1n) is 7.72. The molecule has 3 rings (SSSR count). The third kappa shape index (κ3) is 4.20. The zero-order valence-corrected chi connectivity index (χ0v) is 16.6. The van der Waals surface area contributed by atoms with Gasteiger partial charge in [0, 0.05) is 6.54 Å². The Morgan fingerprint density at radius 3 is 2.85 bits per heavy atom. The highest BCUT2D eigenvalue weighted by atomic mass is 35.5. The number of carbonyl (C=O) groups excluding carboxylic acids is 1. The smallest absolute Gasteiger partial charge is 0.266 e. The minimum atomic E-state index is -0.756. The second-order valence-electron chi connectivity index (χ2n) is 5.23. The van der Waals surface area contributed by atoms with Gasteiger partial charge in [-0.2, -0.15) is 9.37 Å². The van der Waals surface area contributed by atoms with Crippen molar-refractivity contribution in [2.24, 2.45) is 0 Å². The summed E-state index contributed by atoms with van der Waals surface area (Å²) in [5.74, 6) is -0.628. The molecule has 0 aliphatic carbocycles. The fourth-order valence-electron chi connectivity index (χ4n) is 2.29. The van der Waals surface area contributed by atoms with Crippen LogP contribution >= 0.6 is 35.6 Å². The molecule has 1 amide bonds. The molecule has 2 heterocycles. The largest absolute Gasteiger partial charge is 0.493 e. The Balaban J connectivity index is 1.89. The van der Waals surface area contributed by atoms with Crippen LogP contribution in [0.2, 0.25) is 5.28 Å². The summed E-state index contributed by atoms with van der Waals surface area (Å²) in [4.78, 5) is 21.6. The van der Waals surface area contributed by atoms with Crippen molar-refractivity contribution in [3.8, 4) is 17.4 Å². The van der Waals surface area contributed by atoms with Crippen molar-refractivity contribution in [3.63, 3.8) is 0 Å². The Bertz CT molecular complexity index is 955. The van der Waals surface area contributed by atoms with E-state index in [0.29, 0.717) is 27.1 Å². The number of amides is 1. The van der Waals surface area contributed by atoms with Crippen LogP contribution in [0.15, 0.2) is 29.3 Å². The second-order valence-corrected chi connectivity index (χ2v) is 7.24. The Hall–Kier alpha value is -2.23. The first-order valence-corrected chi connectivity index (χ1v) is 9.32. The fourth-order valence-corrected chi connectivity index (χ4v) is 3.80. The molecule has 2 aromatic rings. The van der Waals surface area contributed by atoms with Gasteiger partial charge in [0.05, 0.1) is 18.2 Å². The van der Waals surface area contributed by atoms with Crippen molar-refractivity contribution in [1.82, 2.24) is 14.9 Å². The zero-order valence-electron chi connectivity index (χ0n) is 14.2. The van der Waals surface area contributed by atoms with Crippen molar-refractivity contribution < 1.29 is 18.7 Å². The minimum absolute atomic E-state index is 0.135. The van der Waals surface area contributed by atoms with Crippen LogP contribution in [-0.2, 0) is 4.79 Å². The van der Waals surface area contributed by atoms with Crippen molar-refractivity contribution >= 4 is 51.9 Å². The van der Waals surface area contributed by atoms with Crippen molar-refractivity contribution in [1.29, 1.82) is 0 Å². The molecule has 1 aliphatic rings. The van der Waals surface area contributed by atoms with Gasteiger partial charge in [0.15, 0.2) is 11.5 Å². The van der Waals surface area contributed by atoms with Crippen LogP contribution < -0.4 is 9.47 Å². The molecule has 0 spiro atoms. The van der Waals surface area contributed by atoms with Gasteiger partial charge in [-0.05, 0) is 42.3 Å². The van der Waals surface area contributed by atoms with Crippen molar-refractivity contribution in [2.75, 3.05) is 13.7 Å². The predicted octanol–water partition coefficient (Wildman–Crippen LogP) is 4.29. The Kier molecular flexibility index (Phi) is 5.93. The average Bonchev–Trinajstić information content (AvgIpc) is 2.92. The summed E-state index contributed by atoms with van der Waals surface area (Å²) in [6.07, 6.45) is 2.63. The lowest BCUT2D eigenvalue weighted by molar-refractivity contribution is -0.121. The second kappa shape index (κ2) is 8.20. The van der Waals surface area contributed by atoms with E-state index >= 15 is 0 Å². The number of hydrogen-bond acceptors (Lipinski definition) is 7. The number of rotatable bonds is 5. The van der Waals surface area contributed by atoms with Crippen LogP contribution in [0.1, 0.15) is 12.5 Å². The summed E-state index contributed by atoms with van der Waals surface area (Å²) in [7, 11) is 1.45. The average molecular weight is 426 g/mol. The van der Waals surface area contributed by atoms with Gasteiger partial charge >= 0.3 is 0 Å². The quantitative estimate of drug-likeness (QED) is 0.402. The summed E-state index contributed by atoms with van der Waals surface area (Å²) in [6, 6.07) is 4.95. The maximum atomic E-state index is 13.8. The predicted molar refractivity (Wildman–Crippen MR) is 106 cm³/mol. The number of hydrogen-bond donors (Lipinski definition) is 0. The zero-order chi connectivity index (χ0) is 19.6. The topological polar surface area (TPSA) is 64.6 Å². The molecule has 140 valence electrons. The van der Waals surface area contributed by atoms with Gasteiger partial charge in [-0.15, -0.1) is 0 Å². The van der Waals surface area contributed by atoms with Crippen LogP contribution in [-0.4, -0.2) is 38.8 Å². The number of thioether (sulfide) groups is 1. The van der Waals surface area contributed by atoms with Gasteiger partial charge in [-0.3, -0.25) is 9.69 Å². The molecule has 1 saturated heterocycles. The third-order valence-corrected chi connectivity index (χ3v) is 5.12. The number of thiocarbonyl (C=S) groups is 1. The molecule has 10 heteroatoms. The Morgan fingerprint density at radius 2 is 2.19 bits per heavy atom. The van der Waals surface area contributed by atoms with Crippen molar-refractivity contribution in [3.05, 3.63) is 46.0 Å². The van der Waals surface area contributed by atoms with E-state index in [1.54, 1.807) is 24.3 Å². The van der Waals surface area contributed by atoms with Gasteiger partial charge in [0.2, 0.25) is 11.1 Å².